The maximum atomic E-state index is 15.6. The van der Waals surface area contributed by atoms with E-state index in [1.807, 2.05) is 43.4 Å². The van der Waals surface area contributed by atoms with Crippen LogP contribution in [0.15, 0.2) is 71.7 Å². The van der Waals surface area contributed by atoms with Gasteiger partial charge in [-0.1, -0.05) is 99.6 Å². The van der Waals surface area contributed by atoms with Gasteiger partial charge in [-0.3, -0.25) is 9.30 Å². The van der Waals surface area contributed by atoms with Gasteiger partial charge in [0.15, 0.2) is 18.2 Å². The molecule has 1 N–H and O–H groups in total. The van der Waals surface area contributed by atoms with Crippen LogP contribution in [0.2, 0.25) is 0 Å². The number of rotatable bonds is 12. The first kappa shape index (κ1) is 33.5. The summed E-state index contributed by atoms with van der Waals surface area (Å²) in [6, 6.07) is 16.4. The number of hydrogen-bond acceptors (Lipinski definition) is 4. The molecule has 7 heteroatoms. The number of benzene rings is 3. The molecule has 3 nitrogen and oxygen atoms in total. The van der Waals surface area contributed by atoms with Crippen molar-refractivity contribution < 1.29 is 12.7 Å². The second-order valence-electron chi connectivity index (χ2n) is 11.0. The van der Waals surface area contributed by atoms with Gasteiger partial charge in [0.1, 0.15) is 11.5 Å². The van der Waals surface area contributed by atoms with E-state index in [0.717, 1.165) is 36.9 Å². The minimum absolute atomic E-state index is 0.0280. The smallest absolute Gasteiger partial charge is 0.165 e. The lowest BCUT2D eigenvalue weighted by molar-refractivity contribution is 0.343. The molecule has 226 valence electrons. The predicted molar refractivity (Wildman–Crippen MR) is 176 cm³/mol. The number of halogens is 3. The van der Waals surface area contributed by atoms with Crippen molar-refractivity contribution in [2.24, 2.45) is 10.9 Å². The lowest BCUT2D eigenvalue weighted by Crippen LogP contribution is -2.19. The van der Waals surface area contributed by atoms with Crippen LogP contribution in [0.5, 0.6) is 0 Å². The minimum atomic E-state index is -0.833. The number of nitrogens with one attached hydrogen (secondary N) is 1. The molecule has 1 saturated carbocycles. The first-order valence-corrected chi connectivity index (χ1v) is 15.5. The van der Waals surface area contributed by atoms with Gasteiger partial charge in [-0.25, -0.2) is 8.78 Å². The van der Waals surface area contributed by atoms with E-state index in [2.05, 4.69) is 37.5 Å². The van der Waals surface area contributed by atoms with Crippen molar-refractivity contribution in [3.63, 3.8) is 0 Å². The summed E-state index contributed by atoms with van der Waals surface area (Å²) in [7, 11) is 1.90. The highest BCUT2D eigenvalue weighted by molar-refractivity contribution is 7.95. The van der Waals surface area contributed by atoms with E-state index >= 15 is 8.78 Å². The molecule has 4 rings (SSSR count). The van der Waals surface area contributed by atoms with Crippen LogP contribution >= 0.6 is 12.3 Å². The van der Waals surface area contributed by atoms with Crippen molar-refractivity contribution in [1.29, 1.82) is 0 Å². The topological polar surface area (TPSA) is 27.6 Å². The summed E-state index contributed by atoms with van der Waals surface area (Å²) in [5, 5.41) is 3.12. The lowest BCUT2D eigenvalue weighted by atomic mass is 9.87. The molecule has 0 aromatic heterocycles. The number of anilines is 1. The molecule has 0 saturated heterocycles. The zero-order chi connectivity index (χ0) is 30.5. The second-order valence-corrected chi connectivity index (χ2v) is 11.6. The Hall–Kier alpha value is -3.03. The molecule has 1 aliphatic rings. The van der Waals surface area contributed by atoms with Crippen molar-refractivity contribution in [2.75, 3.05) is 17.9 Å². The second kappa shape index (κ2) is 17.2. The Kier molecular flexibility index (Phi) is 13.7. The Balaban J connectivity index is 0.000000730. The van der Waals surface area contributed by atoms with Gasteiger partial charge in [0.2, 0.25) is 0 Å². The molecule has 3 aromatic carbocycles. The number of hydrogen-bond donors (Lipinski definition) is 1. The molecule has 42 heavy (non-hydrogen) atoms. The molecule has 0 spiro atoms. The Morgan fingerprint density at radius 1 is 1.00 bits per heavy atom. The van der Waals surface area contributed by atoms with Crippen LogP contribution in [0.3, 0.4) is 0 Å². The van der Waals surface area contributed by atoms with Crippen LogP contribution < -0.4 is 9.62 Å². The quantitative estimate of drug-likeness (QED) is 0.128. The van der Waals surface area contributed by atoms with Crippen LogP contribution in [0.4, 0.5) is 24.0 Å². The standard InChI is InChI=1S/C29H32F3N3S.C6H12/c1-33-19-21-8-10-22(11-9-21)23-12-14-24(15-13-23)27-25(30)18-26(29(34-2)28(27)31)35(36-32)17-16-20-6-4-3-5-7-20;1-4-5-6(2)3/h8-15,18,20,33H,2-7,16-17,19H2,1H3;2,4-5H2,1,3H3. The van der Waals surface area contributed by atoms with Gasteiger partial charge in [0.05, 0.1) is 11.3 Å². The molecule has 1 fully saturated rings. The van der Waals surface area contributed by atoms with Crippen molar-refractivity contribution in [3.8, 4) is 22.3 Å². The third-order valence-corrected chi connectivity index (χ3v) is 8.21. The number of allylic oxidation sites excluding steroid dienone is 1. The Bertz CT molecular complexity index is 1290. The summed E-state index contributed by atoms with van der Waals surface area (Å²) in [5.74, 6) is -1.07. The third-order valence-electron chi connectivity index (χ3n) is 7.67. The summed E-state index contributed by atoms with van der Waals surface area (Å²) in [6.07, 6.45) is 9.04. The van der Waals surface area contributed by atoms with Crippen LogP contribution in [-0.4, -0.2) is 20.3 Å². The maximum absolute atomic E-state index is 15.6. The molecule has 1 aliphatic carbocycles. The van der Waals surface area contributed by atoms with Gasteiger partial charge in [0.25, 0.3) is 0 Å². The molecule has 0 radical (unpaired) electrons. The average molecular weight is 596 g/mol. The molecular weight excluding hydrogens is 551 g/mol. The first-order valence-electron chi connectivity index (χ1n) is 14.9. The summed E-state index contributed by atoms with van der Waals surface area (Å²) in [6.45, 7) is 12.6. The van der Waals surface area contributed by atoms with Gasteiger partial charge in [-0.2, -0.15) is 0 Å². The lowest BCUT2D eigenvalue weighted by Gasteiger charge is -2.26. The van der Waals surface area contributed by atoms with Gasteiger partial charge >= 0.3 is 0 Å². The normalized spacial score (nSPS) is 13.3. The molecular formula is C35H44F3N3S. The van der Waals surface area contributed by atoms with Crippen LogP contribution in [0.25, 0.3) is 22.3 Å². The molecule has 3 aromatic rings. The van der Waals surface area contributed by atoms with E-state index in [-0.39, 0.29) is 29.3 Å². The van der Waals surface area contributed by atoms with Crippen molar-refractivity contribution in [1.82, 2.24) is 5.32 Å². The van der Waals surface area contributed by atoms with Gasteiger partial charge in [-0.15, -0.1) is 10.5 Å². The van der Waals surface area contributed by atoms with E-state index in [0.29, 0.717) is 18.0 Å². The molecule has 0 heterocycles. The SMILES string of the molecule is C=C(C)CCC.C=Nc1c(N(CCC2CCCCC2)SF)cc(F)c(-c2ccc(-c3ccc(CNC)cc3)cc2)c1F. The minimum Gasteiger partial charge on any atom is -0.316 e. The number of aliphatic imine (C=N–C) groups is 1. The third kappa shape index (κ3) is 9.23. The van der Waals surface area contributed by atoms with Crippen molar-refractivity contribution in [2.45, 2.75) is 71.8 Å². The first-order chi connectivity index (χ1) is 20.3. The van der Waals surface area contributed by atoms with Gasteiger partial charge in [0, 0.05) is 19.2 Å². The largest absolute Gasteiger partial charge is 0.316 e. The fourth-order valence-electron chi connectivity index (χ4n) is 5.44. The highest BCUT2D eigenvalue weighted by atomic mass is 32.2. The Morgan fingerprint density at radius 2 is 1.60 bits per heavy atom. The Morgan fingerprint density at radius 3 is 2.10 bits per heavy atom. The molecule has 0 bridgehead atoms. The van der Waals surface area contributed by atoms with Crippen molar-refractivity contribution >= 4 is 30.4 Å². The van der Waals surface area contributed by atoms with E-state index in [4.69, 9.17) is 0 Å². The summed E-state index contributed by atoms with van der Waals surface area (Å²) in [5.41, 5.74) is 4.56. The summed E-state index contributed by atoms with van der Waals surface area (Å²) >= 11 is -0.0280. The molecule has 0 aliphatic heterocycles. The summed E-state index contributed by atoms with van der Waals surface area (Å²) < 4.78 is 46.0. The fraction of sp³-hybridized carbons (Fsp3) is 0.400. The predicted octanol–water partition coefficient (Wildman–Crippen LogP) is 11.0. The van der Waals surface area contributed by atoms with Gasteiger partial charge in [-0.05, 0) is 61.7 Å². The molecule has 0 amide bonds. The van der Waals surface area contributed by atoms with Crippen LogP contribution in [0.1, 0.15) is 70.8 Å². The summed E-state index contributed by atoms with van der Waals surface area (Å²) in [4.78, 5) is 3.83. The van der Waals surface area contributed by atoms with E-state index in [9.17, 15) is 3.89 Å². The van der Waals surface area contributed by atoms with Crippen molar-refractivity contribution in [3.05, 3.63) is 83.9 Å². The van der Waals surface area contributed by atoms with Crippen LogP contribution in [0, 0.1) is 17.6 Å². The molecule has 0 unspecified atom stereocenters. The number of nitrogens with zero attached hydrogens (tertiary/aromatic N) is 2. The monoisotopic (exact) mass is 595 g/mol. The van der Waals surface area contributed by atoms with Crippen LogP contribution in [-0.2, 0) is 6.54 Å². The highest BCUT2D eigenvalue weighted by Crippen LogP contribution is 2.42. The Labute approximate surface area is 254 Å². The molecule has 0 atom stereocenters. The average Bonchev–Trinajstić information content (AvgIpc) is 2.99. The fourth-order valence-corrected chi connectivity index (χ4v) is 5.83. The zero-order valence-corrected chi connectivity index (χ0v) is 26.0. The van der Waals surface area contributed by atoms with E-state index < -0.39 is 11.6 Å². The van der Waals surface area contributed by atoms with E-state index in [1.54, 1.807) is 12.1 Å². The highest BCUT2D eigenvalue weighted by Gasteiger charge is 2.24. The zero-order valence-electron chi connectivity index (χ0n) is 25.2. The van der Waals surface area contributed by atoms with Gasteiger partial charge < -0.3 is 5.32 Å². The van der Waals surface area contributed by atoms with E-state index in [1.165, 1.54) is 53.6 Å². The maximum Gasteiger partial charge on any atom is 0.165 e.